The Bertz CT molecular complexity index is 1000. The van der Waals surface area contributed by atoms with E-state index in [1.807, 2.05) is 30.3 Å². The Kier molecular flexibility index (Phi) is 5.41. The number of piperazine rings is 1. The van der Waals surface area contributed by atoms with Crippen molar-refractivity contribution in [2.45, 2.75) is 31.7 Å². The topological polar surface area (TPSA) is 53.4 Å². The van der Waals surface area contributed by atoms with Crippen LogP contribution in [0.2, 0.25) is 0 Å². The van der Waals surface area contributed by atoms with E-state index in [2.05, 4.69) is 39.4 Å². The molecule has 0 bridgehead atoms. The predicted molar refractivity (Wildman–Crippen MR) is 120 cm³/mol. The molecule has 1 aliphatic heterocycles. The molecule has 1 saturated heterocycles. The number of anilines is 1. The van der Waals surface area contributed by atoms with Crippen molar-refractivity contribution < 1.29 is 4.79 Å². The summed E-state index contributed by atoms with van der Waals surface area (Å²) in [7, 11) is 0. The fourth-order valence-corrected chi connectivity index (χ4v) is 4.36. The molecule has 5 rings (SSSR count). The van der Waals surface area contributed by atoms with Crippen LogP contribution in [0.1, 0.15) is 24.8 Å². The van der Waals surface area contributed by atoms with Gasteiger partial charge in [-0.2, -0.15) is 0 Å². The van der Waals surface area contributed by atoms with Crippen molar-refractivity contribution in [3.05, 3.63) is 60.2 Å². The summed E-state index contributed by atoms with van der Waals surface area (Å²) in [6.45, 7) is 4.58. The van der Waals surface area contributed by atoms with Gasteiger partial charge in [0.15, 0.2) is 0 Å². The Morgan fingerprint density at radius 2 is 1.70 bits per heavy atom. The second-order valence-corrected chi connectivity index (χ2v) is 8.31. The normalized spacial score (nSPS) is 17.4. The highest BCUT2D eigenvalue weighted by Gasteiger charge is 2.32. The second-order valence-electron chi connectivity index (χ2n) is 8.31. The first-order valence-corrected chi connectivity index (χ1v) is 11.1. The van der Waals surface area contributed by atoms with Crippen LogP contribution in [0, 0.1) is 0 Å². The molecule has 1 aliphatic carbocycles. The molecule has 0 spiro atoms. The monoisotopic (exact) mass is 403 g/mol. The summed E-state index contributed by atoms with van der Waals surface area (Å²) in [5.41, 5.74) is 3.04. The highest BCUT2D eigenvalue weighted by Crippen LogP contribution is 2.29. The Morgan fingerprint density at radius 1 is 0.967 bits per heavy atom. The fraction of sp³-hybridized carbons (Fsp3) is 0.417. The summed E-state index contributed by atoms with van der Waals surface area (Å²) in [5, 5.41) is 3.11. The lowest BCUT2D eigenvalue weighted by atomic mass is 10.1. The summed E-state index contributed by atoms with van der Waals surface area (Å²) < 4.78 is 1.77. The molecule has 3 aromatic rings. The molecular formula is C24H29N5O. The molecular weight excluding hydrogens is 374 g/mol. The van der Waals surface area contributed by atoms with Crippen molar-refractivity contribution in [3.63, 3.8) is 0 Å². The smallest absolute Gasteiger partial charge is 0.328 e. The quantitative estimate of drug-likeness (QED) is 0.640. The van der Waals surface area contributed by atoms with Gasteiger partial charge >= 0.3 is 6.03 Å². The number of carbonyl (C=O) groups is 1. The minimum absolute atomic E-state index is 0.0867. The highest BCUT2D eigenvalue weighted by molar-refractivity contribution is 5.93. The maximum Gasteiger partial charge on any atom is 0.328 e. The zero-order valence-corrected chi connectivity index (χ0v) is 17.3. The van der Waals surface area contributed by atoms with Gasteiger partial charge in [0, 0.05) is 38.8 Å². The number of benzene rings is 2. The molecule has 2 fully saturated rings. The van der Waals surface area contributed by atoms with E-state index in [0.717, 1.165) is 62.0 Å². The first-order valence-electron chi connectivity index (χ1n) is 11.1. The number of imidazole rings is 1. The van der Waals surface area contributed by atoms with Gasteiger partial charge < -0.3 is 10.2 Å². The van der Waals surface area contributed by atoms with Crippen LogP contribution in [0.3, 0.4) is 0 Å². The predicted octanol–water partition coefficient (Wildman–Crippen LogP) is 3.51. The van der Waals surface area contributed by atoms with Gasteiger partial charge in [0.25, 0.3) is 0 Å². The van der Waals surface area contributed by atoms with E-state index in [9.17, 15) is 4.79 Å². The van der Waals surface area contributed by atoms with E-state index >= 15 is 0 Å². The van der Waals surface area contributed by atoms with E-state index in [1.54, 1.807) is 4.57 Å². The van der Waals surface area contributed by atoms with Crippen LogP contribution < -0.4 is 10.2 Å². The molecule has 0 unspecified atom stereocenters. The SMILES string of the molecule is O=C(NCCCc1ccccc1)n1c(N2CCN(C3CC3)CC2)nc2ccccc21. The number of para-hydroxylation sites is 2. The molecule has 156 valence electrons. The number of carbonyl (C=O) groups excluding carboxylic acids is 1. The third-order valence-electron chi connectivity index (χ3n) is 6.17. The third-order valence-corrected chi connectivity index (χ3v) is 6.17. The Labute approximate surface area is 177 Å². The lowest BCUT2D eigenvalue weighted by Gasteiger charge is -2.35. The highest BCUT2D eigenvalue weighted by atomic mass is 16.2. The van der Waals surface area contributed by atoms with E-state index in [-0.39, 0.29) is 6.03 Å². The van der Waals surface area contributed by atoms with Crippen molar-refractivity contribution in [1.29, 1.82) is 0 Å². The summed E-state index contributed by atoms with van der Waals surface area (Å²) in [6.07, 6.45) is 4.55. The average molecular weight is 404 g/mol. The van der Waals surface area contributed by atoms with Crippen molar-refractivity contribution in [2.24, 2.45) is 0 Å². The number of aryl methyl sites for hydroxylation is 1. The van der Waals surface area contributed by atoms with Gasteiger partial charge in [-0.3, -0.25) is 4.90 Å². The molecule has 0 radical (unpaired) electrons. The van der Waals surface area contributed by atoms with Crippen molar-refractivity contribution >= 4 is 23.0 Å². The minimum Gasteiger partial charge on any atom is -0.339 e. The van der Waals surface area contributed by atoms with Gasteiger partial charge in [-0.1, -0.05) is 42.5 Å². The second kappa shape index (κ2) is 8.48. The molecule has 2 aromatic carbocycles. The van der Waals surface area contributed by atoms with Gasteiger partial charge in [-0.05, 0) is 43.4 Å². The van der Waals surface area contributed by atoms with E-state index in [4.69, 9.17) is 4.98 Å². The maximum atomic E-state index is 13.2. The van der Waals surface area contributed by atoms with Crippen LogP contribution in [-0.2, 0) is 6.42 Å². The molecule has 1 aromatic heterocycles. The minimum atomic E-state index is -0.0867. The van der Waals surface area contributed by atoms with Crippen LogP contribution in [0.15, 0.2) is 54.6 Å². The number of nitrogens with zero attached hydrogens (tertiary/aromatic N) is 4. The molecule has 6 heteroatoms. The third kappa shape index (κ3) is 4.05. The molecule has 30 heavy (non-hydrogen) atoms. The van der Waals surface area contributed by atoms with Gasteiger partial charge in [0.1, 0.15) is 0 Å². The Hall–Kier alpha value is -2.86. The van der Waals surface area contributed by atoms with E-state index < -0.39 is 0 Å². The van der Waals surface area contributed by atoms with Crippen LogP contribution in [0.25, 0.3) is 11.0 Å². The van der Waals surface area contributed by atoms with Crippen molar-refractivity contribution in [2.75, 3.05) is 37.6 Å². The summed E-state index contributed by atoms with van der Waals surface area (Å²) in [6, 6.07) is 19.0. The standard InChI is InChI=1S/C24H29N5O/c30-24(25-14-6-9-19-7-2-1-3-8-19)29-22-11-5-4-10-21(22)26-23(29)28-17-15-27(16-18-28)20-12-13-20/h1-5,7-8,10-11,20H,6,9,12-18H2,(H,25,30). The molecule has 1 saturated carbocycles. The zero-order chi connectivity index (χ0) is 20.3. The number of hydrogen-bond donors (Lipinski definition) is 1. The summed E-state index contributed by atoms with van der Waals surface area (Å²) >= 11 is 0. The number of hydrogen-bond acceptors (Lipinski definition) is 4. The van der Waals surface area contributed by atoms with Gasteiger partial charge in [-0.25, -0.2) is 14.3 Å². The first kappa shape index (κ1) is 19.1. The zero-order valence-electron chi connectivity index (χ0n) is 17.3. The van der Waals surface area contributed by atoms with Crippen LogP contribution in [0.4, 0.5) is 10.7 Å². The summed E-state index contributed by atoms with van der Waals surface area (Å²) in [5.74, 6) is 0.771. The lowest BCUT2D eigenvalue weighted by molar-refractivity contribution is 0.239. The number of rotatable bonds is 6. The van der Waals surface area contributed by atoms with Gasteiger partial charge in [-0.15, -0.1) is 0 Å². The molecule has 2 aliphatic rings. The average Bonchev–Trinajstić information content (AvgIpc) is 3.57. The summed E-state index contributed by atoms with van der Waals surface area (Å²) in [4.78, 5) is 22.8. The van der Waals surface area contributed by atoms with Crippen molar-refractivity contribution in [3.8, 4) is 0 Å². The van der Waals surface area contributed by atoms with Gasteiger partial charge in [0.2, 0.25) is 5.95 Å². The van der Waals surface area contributed by atoms with Gasteiger partial charge in [0.05, 0.1) is 11.0 Å². The van der Waals surface area contributed by atoms with Crippen LogP contribution in [0.5, 0.6) is 0 Å². The lowest BCUT2D eigenvalue weighted by Crippen LogP contribution is -2.48. The molecule has 1 N–H and O–H groups in total. The van der Waals surface area contributed by atoms with E-state index in [0.29, 0.717) is 6.54 Å². The van der Waals surface area contributed by atoms with Crippen LogP contribution in [-0.4, -0.2) is 59.2 Å². The maximum absolute atomic E-state index is 13.2. The van der Waals surface area contributed by atoms with Crippen molar-refractivity contribution in [1.82, 2.24) is 19.8 Å². The largest absolute Gasteiger partial charge is 0.339 e. The Balaban J connectivity index is 1.28. The van der Waals surface area contributed by atoms with E-state index in [1.165, 1.54) is 18.4 Å². The molecule has 6 nitrogen and oxygen atoms in total. The molecule has 1 amide bonds. The molecule has 0 atom stereocenters. The number of aromatic nitrogens is 2. The number of nitrogens with one attached hydrogen (secondary N) is 1. The molecule has 2 heterocycles. The number of fused-ring (bicyclic) bond motifs is 1. The fourth-order valence-electron chi connectivity index (χ4n) is 4.36. The Morgan fingerprint density at radius 3 is 2.47 bits per heavy atom. The van der Waals surface area contributed by atoms with Crippen LogP contribution >= 0.6 is 0 Å². The first-order chi connectivity index (χ1) is 14.8. The number of amides is 1.